The summed E-state index contributed by atoms with van der Waals surface area (Å²) in [5.41, 5.74) is 1.28. The van der Waals surface area contributed by atoms with Crippen LogP contribution in [0.15, 0.2) is 12.2 Å². The first kappa shape index (κ1) is 11.4. The second-order valence-electron chi connectivity index (χ2n) is 5.36. The van der Waals surface area contributed by atoms with Crippen LogP contribution in [0.4, 0.5) is 0 Å². The van der Waals surface area contributed by atoms with Crippen LogP contribution >= 0.6 is 0 Å². The molecule has 0 atom stereocenters. The van der Waals surface area contributed by atoms with Crippen LogP contribution in [0.2, 0.25) is 0 Å². The van der Waals surface area contributed by atoms with Gasteiger partial charge in [0, 0.05) is 5.41 Å². The standard InChI is InChI=1S/C14H22/c1-12(10-11-14(2,3)4)13-8-6-5-7-9-13/h13H,1,5-9H2,2-4H3. The Morgan fingerprint density at radius 1 is 1.14 bits per heavy atom. The lowest BCUT2D eigenvalue weighted by Crippen LogP contribution is -2.08. The summed E-state index contributed by atoms with van der Waals surface area (Å²) in [7, 11) is 0. The van der Waals surface area contributed by atoms with E-state index in [2.05, 4.69) is 39.2 Å². The highest BCUT2D eigenvalue weighted by molar-refractivity contribution is 5.30. The van der Waals surface area contributed by atoms with Crippen molar-refractivity contribution in [3.63, 3.8) is 0 Å². The molecule has 0 spiro atoms. The van der Waals surface area contributed by atoms with Crippen LogP contribution in [0.1, 0.15) is 52.9 Å². The van der Waals surface area contributed by atoms with Crippen molar-refractivity contribution in [1.82, 2.24) is 0 Å². The lowest BCUT2D eigenvalue weighted by molar-refractivity contribution is 0.410. The summed E-state index contributed by atoms with van der Waals surface area (Å²) >= 11 is 0. The topological polar surface area (TPSA) is 0 Å². The molecule has 0 unspecified atom stereocenters. The van der Waals surface area contributed by atoms with E-state index in [1.165, 1.54) is 37.7 Å². The predicted molar refractivity (Wildman–Crippen MR) is 62.9 cm³/mol. The van der Waals surface area contributed by atoms with Crippen molar-refractivity contribution >= 4 is 0 Å². The summed E-state index contributed by atoms with van der Waals surface area (Å²) in [6.07, 6.45) is 6.73. The van der Waals surface area contributed by atoms with Crippen molar-refractivity contribution in [3.8, 4) is 11.8 Å². The smallest absolute Gasteiger partial charge is 0.0233 e. The van der Waals surface area contributed by atoms with Crippen LogP contribution in [0.3, 0.4) is 0 Å². The molecule has 0 N–H and O–H groups in total. The fourth-order valence-corrected chi connectivity index (χ4v) is 1.82. The third kappa shape index (κ3) is 4.01. The maximum Gasteiger partial charge on any atom is 0.0233 e. The molecule has 0 amide bonds. The van der Waals surface area contributed by atoms with Gasteiger partial charge in [0.15, 0.2) is 0 Å². The molecular weight excluding hydrogens is 168 g/mol. The van der Waals surface area contributed by atoms with E-state index in [4.69, 9.17) is 0 Å². The molecule has 0 radical (unpaired) electrons. The van der Waals surface area contributed by atoms with Gasteiger partial charge in [-0.25, -0.2) is 0 Å². The second kappa shape index (κ2) is 4.69. The maximum absolute atomic E-state index is 4.11. The van der Waals surface area contributed by atoms with Gasteiger partial charge in [0.25, 0.3) is 0 Å². The average molecular weight is 190 g/mol. The molecule has 0 heteroatoms. The van der Waals surface area contributed by atoms with Gasteiger partial charge in [-0.1, -0.05) is 37.7 Å². The molecular formula is C14H22. The number of hydrogen-bond donors (Lipinski definition) is 0. The van der Waals surface area contributed by atoms with E-state index in [1.54, 1.807) is 0 Å². The Kier molecular flexibility index (Phi) is 3.81. The quantitative estimate of drug-likeness (QED) is 0.544. The molecule has 0 nitrogen and oxygen atoms in total. The van der Waals surface area contributed by atoms with Gasteiger partial charge in [-0.3, -0.25) is 0 Å². The van der Waals surface area contributed by atoms with E-state index in [1.807, 2.05) is 0 Å². The largest absolute Gasteiger partial charge is 0.0923 e. The summed E-state index contributed by atoms with van der Waals surface area (Å²) < 4.78 is 0. The summed E-state index contributed by atoms with van der Waals surface area (Å²) in [5, 5.41) is 0. The molecule has 1 fully saturated rings. The van der Waals surface area contributed by atoms with Crippen molar-refractivity contribution in [2.45, 2.75) is 52.9 Å². The third-order valence-corrected chi connectivity index (χ3v) is 2.70. The van der Waals surface area contributed by atoms with E-state index in [0.717, 1.165) is 0 Å². The minimum atomic E-state index is 0.109. The molecule has 78 valence electrons. The summed E-state index contributed by atoms with van der Waals surface area (Å²) in [6.45, 7) is 10.5. The zero-order chi connectivity index (χ0) is 10.6. The van der Waals surface area contributed by atoms with Crippen molar-refractivity contribution in [2.24, 2.45) is 11.3 Å². The van der Waals surface area contributed by atoms with Gasteiger partial charge < -0.3 is 0 Å². The van der Waals surface area contributed by atoms with Gasteiger partial charge in [0.05, 0.1) is 0 Å². The molecule has 0 aliphatic heterocycles. The Balaban J connectivity index is 2.51. The lowest BCUT2D eigenvalue weighted by atomic mass is 9.84. The Labute approximate surface area is 88.8 Å². The number of hydrogen-bond acceptors (Lipinski definition) is 0. The highest BCUT2D eigenvalue weighted by Gasteiger charge is 2.15. The van der Waals surface area contributed by atoms with E-state index < -0.39 is 0 Å². The summed E-state index contributed by atoms with van der Waals surface area (Å²) in [6, 6.07) is 0. The third-order valence-electron chi connectivity index (χ3n) is 2.70. The highest BCUT2D eigenvalue weighted by Crippen LogP contribution is 2.28. The van der Waals surface area contributed by atoms with Gasteiger partial charge in [-0.2, -0.15) is 0 Å². The van der Waals surface area contributed by atoms with Crippen molar-refractivity contribution in [1.29, 1.82) is 0 Å². The van der Waals surface area contributed by atoms with Gasteiger partial charge in [0.1, 0.15) is 0 Å². The fourth-order valence-electron chi connectivity index (χ4n) is 1.82. The number of allylic oxidation sites excluding steroid dienone is 1. The van der Waals surface area contributed by atoms with Crippen LogP contribution < -0.4 is 0 Å². The minimum Gasteiger partial charge on any atom is -0.0923 e. The van der Waals surface area contributed by atoms with Crippen molar-refractivity contribution in [3.05, 3.63) is 12.2 Å². The first-order valence-electron chi connectivity index (χ1n) is 5.71. The first-order valence-corrected chi connectivity index (χ1v) is 5.71. The van der Waals surface area contributed by atoms with Gasteiger partial charge in [-0.05, 0) is 45.1 Å². The number of rotatable bonds is 1. The molecule has 0 aromatic carbocycles. The molecule has 0 heterocycles. The lowest BCUT2D eigenvalue weighted by Gasteiger charge is -2.21. The maximum atomic E-state index is 4.11. The van der Waals surface area contributed by atoms with Crippen molar-refractivity contribution in [2.75, 3.05) is 0 Å². The van der Waals surface area contributed by atoms with E-state index in [-0.39, 0.29) is 5.41 Å². The first-order chi connectivity index (χ1) is 6.49. The molecule has 0 aromatic heterocycles. The minimum absolute atomic E-state index is 0.109. The van der Waals surface area contributed by atoms with Gasteiger partial charge >= 0.3 is 0 Å². The molecule has 0 saturated heterocycles. The Hall–Kier alpha value is -0.700. The van der Waals surface area contributed by atoms with E-state index >= 15 is 0 Å². The molecule has 1 aliphatic rings. The highest BCUT2D eigenvalue weighted by atomic mass is 14.2. The fraction of sp³-hybridized carbons (Fsp3) is 0.714. The van der Waals surface area contributed by atoms with Crippen LogP contribution in [0.5, 0.6) is 0 Å². The summed E-state index contributed by atoms with van der Waals surface area (Å²) in [5.74, 6) is 7.20. The van der Waals surface area contributed by atoms with Gasteiger partial charge in [0.2, 0.25) is 0 Å². The van der Waals surface area contributed by atoms with Crippen LogP contribution in [-0.2, 0) is 0 Å². The van der Waals surface area contributed by atoms with Gasteiger partial charge in [-0.15, -0.1) is 0 Å². The summed E-state index contributed by atoms with van der Waals surface area (Å²) in [4.78, 5) is 0. The molecule has 1 aliphatic carbocycles. The van der Waals surface area contributed by atoms with E-state index in [0.29, 0.717) is 5.92 Å². The normalized spacial score (nSPS) is 18.5. The SMILES string of the molecule is C=C(C#CC(C)(C)C)C1CCCCC1. The molecule has 14 heavy (non-hydrogen) atoms. The average Bonchev–Trinajstić information content (AvgIpc) is 2.14. The Bertz CT molecular complexity index is 248. The van der Waals surface area contributed by atoms with E-state index in [9.17, 15) is 0 Å². The van der Waals surface area contributed by atoms with Crippen LogP contribution in [0, 0.1) is 23.2 Å². The molecule has 1 saturated carbocycles. The van der Waals surface area contributed by atoms with Crippen LogP contribution in [0.25, 0.3) is 0 Å². The second-order valence-corrected chi connectivity index (χ2v) is 5.36. The van der Waals surface area contributed by atoms with Crippen LogP contribution in [-0.4, -0.2) is 0 Å². The molecule has 0 bridgehead atoms. The zero-order valence-corrected chi connectivity index (χ0v) is 9.82. The molecule has 1 rings (SSSR count). The Morgan fingerprint density at radius 3 is 2.21 bits per heavy atom. The predicted octanol–water partition coefficient (Wildman–Crippen LogP) is 4.17. The van der Waals surface area contributed by atoms with Crippen molar-refractivity contribution < 1.29 is 0 Å². The molecule has 0 aromatic rings. The Morgan fingerprint density at radius 2 is 1.71 bits per heavy atom. The zero-order valence-electron chi connectivity index (χ0n) is 9.82. The monoisotopic (exact) mass is 190 g/mol.